The van der Waals surface area contributed by atoms with Crippen molar-refractivity contribution >= 4 is 17.6 Å². The van der Waals surface area contributed by atoms with Gasteiger partial charge in [0.05, 0.1) is 16.8 Å². The van der Waals surface area contributed by atoms with Gasteiger partial charge >= 0.3 is 5.97 Å². The third-order valence-electron chi connectivity index (χ3n) is 6.43. The van der Waals surface area contributed by atoms with E-state index in [0.29, 0.717) is 29.9 Å². The minimum absolute atomic E-state index is 0.0190. The van der Waals surface area contributed by atoms with Gasteiger partial charge in [-0.25, -0.2) is 4.79 Å². The molecule has 160 valence electrons. The summed E-state index contributed by atoms with van der Waals surface area (Å²) in [7, 11) is 0. The van der Waals surface area contributed by atoms with Gasteiger partial charge in [-0.2, -0.15) is 5.26 Å². The number of para-hydroxylation sites is 1. The molecular formula is C25H22N4O3. The Balaban J connectivity index is 1.72. The van der Waals surface area contributed by atoms with Crippen molar-refractivity contribution in [2.45, 2.75) is 31.3 Å². The number of carbonyl (C=O) groups is 2. The molecule has 0 fully saturated rings. The number of nitrogens with two attached hydrogens (primary N) is 1. The summed E-state index contributed by atoms with van der Waals surface area (Å²) in [6.45, 7) is 3.86. The molecule has 2 aromatic rings. The van der Waals surface area contributed by atoms with Crippen LogP contribution < -0.4 is 16.0 Å². The van der Waals surface area contributed by atoms with Crippen molar-refractivity contribution < 1.29 is 14.3 Å². The van der Waals surface area contributed by atoms with Crippen molar-refractivity contribution in [3.05, 3.63) is 88.4 Å². The number of benzene rings is 2. The summed E-state index contributed by atoms with van der Waals surface area (Å²) in [4.78, 5) is 29.0. The van der Waals surface area contributed by atoms with E-state index in [1.54, 1.807) is 30.9 Å². The van der Waals surface area contributed by atoms with Crippen LogP contribution in [0.3, 0.4) is 0 Å². The smallest absolute Gasteiger partial charge is 0.338 e. The standard InChI is InChI=1S/C25H22N4O3/c1-24(2)20-19(22(30)32-24)25(17(14-26)21(27)28-20)16-10-6-7-11-18(16)29(23(25)31)13-12-15-8-4-3-5-9-15/h3-11,28H,12-13,27H2,1-2H3. The summed E-state index contributed by atoms with van der Waals surface area (Å²) in [5, 5.41) is 13.1. The molecule has 1 unspecified atom stereocenters. The molecule has 0 bridgehead atoms. The molecule has 5 rings (SSSR count). The van der Waals surface area contributed by atoms with E-state index >= 15 is 0 Å². The van der Waals surface area contributed by atoms with Gasteiger partial charge in [0.1, 0.15) is 22.9 Å². The number of dihydropyridines is 1. The molecule has 3 heterocycles. The van der Waals surface area contributed by atoms with Crippen LogP contribution in [-0.4, -0.2) is 24.0 Å². The van der Waals surface area contributed by atoms with Gasteiger partial charge in [0, 0.05) is 17.8 Å². The predicted octanol–water partition coefficient (Wildman–Crippen LogP) is 2.40. The Morgan fingerprint density at radius 1 is 1.09 bits per heavy atom. The van der Waals surface area contributed by atoms with E-state index in [2.05, 4.69) is 11.4 Å². The molecule has 0 saturated carbocycles. The summed E-state index contributed by atoms with van der Waals surface area (Å²) < 4.78 is 5.61. The molecule has 1 amide bonds. The molecule has 2 aromatic carbocycles. The SMILES string of the molecule is CC1(C)OC(=O)C2=C1NC(N)=C(C#N)C21C(=O)N(CCc2ccccc2)c2ccccc21. The number of fused-ring (bicyclic) bond motifs is 3. The number of nitrogens with one attached hydrogen (secondary N) is 1. The highest BCUT2D eigenvalue weighted by atomic mass is 16.6. The maximum absolute atomic E-state index is 14.2. The Morgan fingerprint density at radius 2 is 1.78 bits per heavy atom. The number of hydrogen-bond acceptors (Lipinski definition) is 6. The van der Waals surface area contributed by atoms with E-state index in [1.165, 1.54) is 0 Å². The van der Waals surface area contributed by atoms with E-state index < -0.39 is 17.0 Å². The van der Waals surface area contributed by atoms with Crippen LogP contribution in [0.4, 0.5) is 5.69 Å². The summed E-state index contributed by atoms with van der Waals surface area (Å²) in [5.74, 6) is -0.922. The van der Waals surface area contributed by atoms with Gasteiger partial charge in [0.25, 0.3) is 0 Å². The number of nitriles is 1. The fourth-order valence-electron chi connectivity index (χ4n) is 5.00. The van der Waals surface area contributed by atoms with Crippen LogP contribution in [0.25, 0.3) is 0 Å². The Hall–Kier alpha value is -4.05. The van der Waals surface area contributed by atoms with E-state index in [9.17, 15) is 14.9 Å². The van der Waals surface area contributed by atoms with Gasteiger partial charge in [-0.05, 0) is 31.9 Å². The maximum Gasteiger partial charge on any atom is 0.338 e. The lowest BCUT2D eigenvalue weighted by Crippen LogP contribution is -2.50. The van der Waals surface area contributed by atoms with Crippen molar-refractivity contribution in [3.63, 3.8) is 0 Å². The van der Waals surface area contributed by atoms with Crippen LogP contribution >= 0.6 is 0 Å². The molecule has 3 aliphatic heterocycles. The number of hydrogen-bond donors (Lipinski definition) is 2. The summed E-state index contributed by atoms with van der Waals surface area (Å²) in [6.07, 6.45) is 0.623. The first-order valence-electron chi connectivity index (χ1n) is 10.4. The first kappa shape index (κ1) is 19.9. The quantitative estimate of drug-likeness (QED) is 0.730. The normalized spacial score (nSPS) is 23.1. The summed E-state index contributed by atoms with van der Waals surface area (Å²) >= 11 is 0. The van der Waals surface area contributed by atoms with Crippen molar-refractivity contribution in [2.24, 2.45) is 5.73 Å². The van der Waals surface area contributed by atoms with E-state index in [0.717, 1.165) is 5.56 Å². The fraction of sp³-hybridized carbons (Fsp3) is 0.240. The Labute approximate surface area is 185 Å². The molecule has 7 heteroatoms. The molecule has 32 heavy (non-hydrogen) atoms. The fourth-order valence-corrected chi connectivity index (χ4v) is 5.00. The molecule has 1 spiro atoms. The van der Waals surface area contributed by atoms with Crippen LogP contribution in [-0.2, 0) is 26.2 Å². The molecule has 3 aliphatic rings. The zero-order chi connectivity index (χ0) is 22.7. The number of cyclic esters (lactones) is 1. The molecular weight excluding hydrogens is 404 g/mol. The lowest BCUT2D eigenvalue weighted by molar-refractivity contribution is -0.145. The second-order valence-electron chi connectivity index (χ2n) is 8.63. The topological polar surface area (TPSA) is 108 Å². The van der Waals surface area contributed by atoms with Gasteiger partial charge in [0.15, 0.2) is 0 Å². The first-order valence-corrected chi connectivity index (χ1v) is 10.4. The van der Waals surface area contributed by atoms with Crippen molar-refractivity contribution in [2.75, 3.05) is 11.4 Å². The Morgan fingerprint density at radius 3 is 2.50 bits per heavy atom. The number of carbonyl (C=O) groups excluding carboxylic acids is 2. The third kappa shape index (κ3) is 2.47. The molecule has 3 N–H and O–H groups in total. The average molecular weight is 426 g/mol. The first-order chi connectivity index (χ1) is 15.3. The minimum atomic E-state index is -1.63. The predicted molar refractivity (Wildman–Crippen MR) is 118 cm³/mol. The number of anilines is 1. The molecule has 0 radical (unpaired) electrons. The van der Waals surface area contributed by atoms with Crippen LogP contribution in [0.2, 0.25) is 0 Å². The van der Waals surface area contributed by atoms with E-state index in [1.807, 2.05) is 42.5 Å². The number of esters is 1. The molecule has 7 nitrogen and oxygen atoms in total. The molecule has 0 aliphatic carbocycles. The monoisotopic (exact) mass is 426 g/mol. The van der Waals surface area contributed by atoms with E-state index in [4.69, 9.17) is 10.5 Å². The molecule has 1 atom stereocenters. The molecule has 0 aromatic heterocycles. The number of ether oxygens (including phenoxy) is 1. The zero-order valence-corrected chi connectivity index (χ0v) is 17.8. The number of amides is 1. The second kappa shape index (κ2) is 6.72. The van der Waals surface area contributed by atoms with Gasteiger partial charge in [0.2, 0.25) is 5.91 Å². The van der Waals surface area contributed by atoms with Crippen LogP contribution in [0.1, 0.15) is 25.0 Å². The highest BCUT2D eigenvalue weighted by Gasteiger charge is 2.64. The van der Waals surface area contributed by atoms with Crippen LogP contribution in [0.15, 0.2) is 77.3 Å². The van der Waals surface area contributed by atoms with Gasteiger partial charge in [-0.15, -0.1) is 0 Å². The van der Waals surface area contributed by atoms with Gasteiger partial charge in [-0.3, -0.25) is 4.79 Å². The van der Waals surface area contributed by atoms with Crippen molar-refractivity contribution in [3.8, 4) is 6.07 Å². The maximum atomic E-state index is 14.2. The summed E-state index contributed by atoms with van der Waals surface area (Å²) in [5.41, 5.74) is 6.55. The van der Waals surface area contributed by atoms with Gasteiger partial charge < -0.3 is 20.7 Å². The summed E-state index contributed by atoms with van der Waals surface area (Å²) in [6, 6.07) is 19.2. The number of nitrogens with zero attached hydrogens (tertiary/aromatic N) is 2. The van der Waals surface area contributed by atoms with Crippen molar-refractivity contribution in [1.29, 1.82) is 5.26 Å². The minimum Gasteiger partial charge on any atom is -0.450 e. The lowest BCUT2D eigenvalue weighted by atomic mass is 9.67. The lowest BCUT2D eigenvalue weighted by Gasteiger charge is -2.34. The average Bonchev–Trinajstić information content (AvgIpc) is 3.15. The Bertz CT molecular complexity index is 1270. The third-order valence-corrected chi connectivity index (χ3v) is 6.43. The van der Waals surface area contributed by atoms with Crippen LogP contribution in [0, 0.1) is 11.3 Å². The highest BCUT2D eigenvalue weighted by molar-refractivity contribution is 6.19. The number of rotatable bonds is 3. The second-order valence-corrected chi connectivity index (χ2v) is 8.63. The highest BCUT2D eigenvalue weighted by Crippen LogP contribution is 2.56. The zero-order valence-electron chi connectivity index (χ0n) is 17.8. The van der Waals surface area contributed by atoms with Gasteiger partial charge in [-0.1, -0.05) is 48.5 Å². The van der Waals surface area contributed by atoms with Crippen LogP contribution in [0.5, 0.6) is 0 Å². The molecule has 0 saturated heterocycles. The Kier molecular flexibility index (Phi) is 4.18. The van der Waals surface area contributed by atoms with E-state index in [-0.39, 0.29) is 22.9 Å². The largest absolute Gasteiger partial charge is 0.450 e. The van der Waals surface area contributed by atoms with Crippen molar-refractivity contribution in [1.82, 2.24) is 5.32 Å².